The predicted molar refractivity (Wildman–Crippen MR) is 74.4 cm³/mol. The largest absolute Gasteiger partial charge is 0.336 e. The van der Waals surface area contributed by atoms with Crippen molar-refractivity contribution in [3.63, 3.8) is 0 Å². The number of halogens is 1. The van der Waals surface area contributed by atoms with Crippen LogP contribution in [0.5, 0.6) is 0 Å². The summed E-state index contributed by atoms with van der Waals surface area (Å²) in [5, 5.41) is 2.11. The minimum absolute atomic E-state index is 0.297. The summed E-state index contributed by atoms with van der Waals surface area (Å²) in [6, 6.07) is 1.35. The van der Waals surface area contributed by atoms with E-state index in [1.165, 1.54) is 11.3 Å². The Hall–Kier alpha value is -1.31. The highest BCUT2D eigenvalue weighted by Gasteiger charge is 2.20. The Morgan fingerprint density at radius 1 is 1.26 bits per heavy atom. The zero-order valence-corrected chi connectivity index (χ0v) is 12.1. The summed E-state index contributed by atoms with van der Waals surface area (Å²) < 4.78 is 0. The van der Waals surface area contributed by atoms with Crippen LogP contribution in [0.2, 0.25) is 5.02 Å². The smallest absolute Gasteiger partial charge is 0.321 e. The maximum Gasteiger partial charge on any atom is 0.336 e. The Morgan fingerprint density at radius 3 is 2.53 bits per heavy atom. The van der Waals surface area contributed by atoms with Crippen molar-refractivity contribution in [2.24, 2.45) is 0 Å². The fraction of sp³-hybridized carbons (Fsp3) is 0.455. The van der Waals surface area contributed by atoms with Crippen molar-refractivity contribution in [2.45, 2.75) is 0 Å². The minimum atomic E-state index is -0.400. The van der Waals surface area contributed by atoms with Crippen LogP contribution in [-0.4, -0.2) is 55.0 Å². The first kappa shape index (κ1) is 14.1. The third-order valence-electron chi connectivity index (χ3n) is 2.90. The number of hydrazine groups is 1. The lowest BCUT2D eigenvalue weighted by Crippen LogP contribution is -2.54. The van der Waals surface area contributed by atoms with Crippen molar-refractivity contribution < 1.29 is 9.59 Å². The van der Waals surface area contributed by atoms with E-state index in [2.05, 4.69) is 15.8 Å². The van der Waals surface area contributed by atoms with Crippen molar-refractivity contribution in [2.75, 3.05) is 33.2 Å². The van der Waals surface area contributed by atoms with Crippen molar-refractivity contribution >= 4 is 34.9 Å². The minimum Gasteiger partial charge on any atom is -0.321 e. The Morgan fingerprint density at radius 2 is 1.95 bits per heavy atom. The van der Waals surface area contributed by atoms with Crippen LogP contribution < -0.4 is 10.9 Å². The number of nitrogens with zero attached hydrogens (tertiary/aromatic N) is 2. The van der Waals surface area contributed by atoms with Gasteiger partial charge in [0.2, 0.25) is 0 Å². The lowest BCUT2D eigenvalue weighted by atomic mass is 10.3. The third kappa shape index (κ3) is 3.59. The van der Waals surface area contributed by atoms with Gasteiger partial charge in [0.15, 0.2) is 0 Å². The molecular formula is C11H15ClN4O2S. The number of carbonyl (C=O) groups excluding carboxylic acids is 2. The maximum atomic E-state index is 11.8. The van der Waals surface area contributed by atoms with E-state index in [1.807, 2.05) is 7.05 Å². The maximum absolute atomic E-state index is 11.8. The summed E-state index contributed by atoms with van der Waals surface area (Å²) in [6.45, 7) is 2.96. The summed E-state index contributed by atoms with van der Waals surface area (Å²) in [4.78, 5) is 27.8. The summed E-state index contributed by atoms with van der Waals surface area (Å²) in [5.74, 6) is -0.400. The first-order valence-electron chi connectivity index (χ1n) is 5.84. The van der Waals surface area contributed by atoms with Gasteiger partial charge in [0.05, 0.1) is 5.02 Å². The molecule has 1 fully saturated rings. The molecule has 1 aliphatic heterocycles. The molecule has 0 bridgehead atoms. The molecule has 0 spiro atoms. The molecular weight excluding hydrogens is 288 g/mol. The van der Waals surface area contributed by atoms with Crippen LogP contribution in [-0.2, 0) is 0 Å². The Labute approximate surface area is 120 Å². The lowest BCUT2D eigenvalue weighted by Gasteiger charge is -2.32. The number of amides is 3. The Kier molecular flexibility index (Phi) is 4.62. The van der Waals surface area contributed by atoms with Gasteiger partial charge in [-0.15, -0.1) is 11.3 Å². The van der Waals surface area contributed by atoms with Crippen LogP contribution >= 0.6 is 22.9 Å². The molecule has 6 nitrogen and oxygen atoms in total. The van der Waals surface area contributed by atoms with Gasteiger partial charge in [-0.05, 0) is 18.5 Å². The van der Waals surface area contributed by atoms with Crippen LogP contribution in [0.15, 0.2) is 11.4 Å². The molecule has 0 unspecified atom stereocenters. The second-order valence-electron chi connectivity index (χ2n) is 4.27. The fourth-order valence-corrected chi connectivity index (χ4v) is 2.75. The van der Waals surface area contributed by atoms with Gasteiger partial charge in [0.1, 0.15) is 4.88 Å². The van der Waals surface area contributed by atoms with E-state index in [0.29, 0.717) is 23.0 Å². The second kappa shape index (κ2) is 6.23. The topological polar surface area (TPSA) is 64.7 Å². The SMILES string of the molecule is CN1CCN(C(=O)NNC(=O)c2sccc2Cl)CC1. The normalized spacial score (nSPS) is 16.2. The number of hydrogen-bond donors (Lipinski definition) is 2. The van der Waals surface area contributed by atoms with Crippen molar-refractivity contribution in [1.82, 2.24) is 20.7 Å². The van der Waals surface area contributed by atoms with Gasteiger partial charge >= 0.3 is 6.03 Å². The van der Waals surface area contributed by atoms with E-state index in [-0.39, 0.29) is 6.03 Å². The highest BCUT2D eigenvalue weighted by Crippen LogP contribution is 2.21. The first-order valence-corrected chi connectivity index (χ1v) is 7.10. The molecule has 0 radical (unpaired) electrons. The van der Waals surface area contributed by atoms with Crippen LogP contribution in [0.1, 0.15) is 9.67 Å². The number of carbonyl (C=O) groups is 2. The molecule has 0 aliphatic carbocycles. The highest BCUT2D eigenvalue weighted by molar-refractivity contribution is 7.12. The molecule has 1 aliphatic rings. The lowest BCUT2D eigenvalue weighted by molar-refractivity contribution is 0.0927. The summed E-state index contributed by atoms with van der Waals surface area (Å²) in [5.41, 5.74) is 4.77. The third-order valence-corrected chi connectivity index (χ3v) is 4.24. The quantitative estimate of drug-likeness (QED) is 0.761. The number of urea groups is 1. The molecule has 0 saturated carbocycles. The van der Waals surface area contributed by atoms with Crippen molar-refractivity contribution in [3.05, 3.63) is 21.3 Å². The Bertz CT molecular complexity index is 471. The van der Waals surface area contributed by atoms with Crippen LogP contribution in [0.3, 0.4) is 0 Å². The zero-order valence-electron chi connectivity index (χ0n) is 10.5. The summed E-state index contributed by atoms with van der Waals surface area (Å²) in [6.07, 6.45) is 0. The molecule has 0 aromatic carbocycles. The van der Waals surface area contributed by atoms with Gasteiger partial charge in [-0.25, -0.2) is 10.2 Å². The van der Waals surface area contributed by atoms with Gasteiger partial charge in [-0.1, -0.05) is 11.6 Å². The number of nitrogens with one attached hydrogen (secondary N) is 2. The van der Waals surface area contributed by atoms with E-state index >= 15 is 0 Å². The van der Waals surface area contributed by atoms with Crippen LogP contribution in [0.4, 0.5) is 4.79 Å². The van der Waals surface area contributed by atoms with E-state index < -0.39 is 5.91 Å². The van der Waals surface area contributed by atoms with Gasteiger partial charge < -0.3 is 9.80 Å². The zero-order chi connectivity index (χ0) is 13.8. The summed E-state index contributed by atoms with van der Waals surface area (Å²) in [7, 11) is 2.01. The van der Waals surface area contributed by atoms with Crippen molar-refractivity contribution in [3.8, 4) is 0 Å². The Balaban J connectivity index is 1.81. The van der Waals surface area contributed by atoms with E-state index in [0.717, 1.165) is 13.1 Å². The van der Waals surface area contributed by atoms with Crippen LogP contribution in [0, 0.1) is 0 Å². The predicted octanol–water partition coefficient (Wildman–Crippen LogP) is 1.00. The molecule has 1 aromatic heterocycles. The molecule has 2 heterocycles. The second-order valence-corrected chi connectivity index (χ2v) is 5.60. The van der Waals surface area contributed by atoms with Crippen LogP contribution in [0.25, 0.3) is 0 Å². The monoisotopic (exact) mass is 302 g/mol. The van der Waals surface area contributed by atoms with Gasteiger partial charge in [0, 0.05) is 26.2 Å². The van der Waals surface area contributed by atoms with Crippen molar-refractivity contribution in [1.29, 1.82) is 0 Å². The molecule has 2 N–H and O–H groups in total. The number of likely N-dealkylation sites (N-methyl/N-ethyl adjacent to an activating group) is 1. The number of piperazine rings is 1. The standard InChI is InChI=1S/C11H15ClN4O2S/c1-15-3-5-16(6-4-15)11(18)14-13-10(17)9-8(12)2-7-19-9/h2,7H,3-6H2,1H3,(H,13,17)(H,14,18). The number of hydrogen-bond acceptors (Lipinski definition) is 4. The number of rotatable bonds is 1. The average molecular weight is 303 g/mol. The number of thiophene rings is 1. The van der Waals surface area contributed by atoms with Gasteiger partial charge in [-0.3, -0.25) is 10.2 Å². The molecule has 104 valence electrons. The molecule has 8 heteroatoms. The molecule has 3 amide bonds. The molecule has 1 aromatic rings. The fourth-order valence-electron chi connectivity index (χ4n) is 1.71. The molecule has 1 saturated heterocycles. The van der Waals surface area contributed by atoms with Gasteiger partial charge in [-0.2, -0.15) is 0 Å². The highest BCUT2D eigenvalue weighted by atomic mass is 35.5. The van der Waals surface area contributed by atoms with Gasteiger partial charge in [0.25, 0.3) is 5.91 Å². The first-order chi connectivity index (χ1) is 9.08. The van der Waals surface area contributed by atoms with E-state index in [9.17, 15) is 9.59 Å². The molecule has 0 atom stereocenters. The molecule has 19 heavy (non-hydrogen) atoms. The average Bonchev–Trinajstić information content (AvgIpc) is 2.83. The van der Waals surface area contributed by atoms with E-state index in [1.54, 1.807) is 16.3 Å². The molecule has 2 rings (SSSR count). The van der Waals surface area contributed by atoms with E-state index in [4.69, 9.17) is 11.6 Å². The summed E-state index contributed by atoms with van der Waals surface area (Å²) >= 11 is 7.07.